The van der Waals surface area contributed by atoms with Crippen molar-refractivity contribution in [1.29, 1.82) is 0 Å². The fourth-order valence-electron chi connectivity index (χ4n) is 4.82. The molecule has 0 aromatic heterocycles. The van der Waals surface area contributed by atoms with Crippen LogP contribution >= 0.6 is 0 Å². The zero-order valence-corrected chi connectivity index (χ0v) is 15.8. The molecule has 1 aromatic rings. The van der Waals surface area contributed by atoms with Gasteiger partial charge in [0.15, 0.2) is 5.96 Å². The second kappa shape index (κ2) is 7.68. The molecule has 1 saturated carbocycles. The summed E-state index contributed by atoms with van der Waals surface area (Å²) >= 11 is 0. The number of aliphatic imine (C=N–C) groups is 1. The molecule has 5 heteroatoms. The number of hydrogen-bond acceptors (Lipinski definition) is 2. The van der Waals surface area contributed by atoms with Gasteiger partial charge < -0.3 is 15.1 Å². The maximum absolute atomic E-state index is 12.3. The average Bonchev–Trinajstić information content (AvgIpc) is 3.22. The van der Waals surface area contributed by atoms with Gasteiger partial charge in [-0.25, -0.2) is 0 Å². The van der Waals surface area contributed by atoms with Crippen LogP contribution < -0.4 is 10.2 Å². The van der Waals surface area contributed by atoms with E-state index in [0.717, 1.165) is 48.7 Å². The lowest BCUT2D eigenvalue weighted by molar-refractivity contribution is -0.117. The molecular formula is C21H30N4O. The van der Waals surface area contributed by atoms with Gasteiger partial charge in [-0.1, -0.05) is 31.0 Å². The van der Waals surface area contributed by atoms with E-state index in [1.165, 1.54) is 25.7 Å². The predicted molar refractivity (Wildman–Crippen MR) is 105 cm³/mol. The van der Waals surface area contributed by atoms with E-state index in [1.807, 2.05) is 29.2 Å². The molecule has 2 unspecified atom stereocenters. The molecule has 2 aliphatic heterocycles. The number of benzene rings is 1. The van der Waals surface area contributed by atoms with Crippen molar-refractivity contribution in [2.45, 2.75) is 39.0 Å². The molecule has 1 N–H and O–H groups in total. The summed E-state index contributed by atoms with van der Waals surface area (Å²) in [5, 5.41) is 3.46. The Kier molecular flexibility index (Phi) is 5.14. The van der Waals surface area contributed by atoms with Crippen LogP contribution in [0.15, 0.2) is 29.3 Å². The molecule has 2 atom stereocenters. The highest BCUT2D eigenvalue weighted by atomic mass is 16.2. The number of fused-ring (bicyclic) bond motifs is 2. The normalized spacial score (nSPS) is 25.4. The summed E-state index contributed by atoms with van der Waals surface area (Å²) in [6.07, 6.45) is 6.05. The zero-order valence-electron chi connectivity index (χ0n) is 15.8. The van der Waals surface area contributed by atoms with Gasteiger partial charge >= 0.3 is 0 Å². The van der Waals surface area contributed by atoms with Crippen molar-refractivity contribution in [3.63, 3.8) is 0 Å². The Bertz CT molecular complexity index is 672. The Hall–Kier alpha value is -2.04. The average molecular weight is 354 g/mol. The van der Waals surface area contributed by atoms with Gasteiger partial charge in [0.1, 0.15) is 0 Å². The molecule has 5 nitrogen and oxygen atoms in total. The molecule has 4 rings (SSSR count). The summed E-state index contributed by atoms with van der Waals surface area (Å²) in [7, 11) is 0. The lowest BCUT2D eigenvalue weighted by atomic mass is 9.82. The first kappa shape index (κ1) is 17.4. The summed E-state index contributed by atoms with van der Waals surface area (Å²) in [6, 6.07) is 8.10. The van der Waals surface area contributed by atoms with Crippen molar-refractivity contribution in [2.24, 2.45) is 16.8 Å². The highest BCUT2D eigenvalue weighted by Crippen LogP contribution is 2.36. The lowest BCUT2D eigenvalue weighted by Gasteiger charge is -2.22. The highest BCUT2D eigenvalue weighted by molar-refractivity contribution is 6.01. The standard InChI is InChI=1S/C21H30N4O/c1-2-22-21(24-14-17-8-3-4-9-18(17)15-24)23-11-12-25-19-10-6-5-7-16(19)13-20(25)26/h5-7,10,17-18H,2-4,8-9,11-15H2,1H3,(H,22,23). The quantitative estimate of drug-likeness (QED) is 0.668. The SMILES string of the molecule is CCNC(=NCCN1C(=O)Cc2ccccc21)N1CC2CCCCC2C1. The lowest BCUT2D eigenvalue weighted by Crippen LogP contribution is -2.41. The third-order valence-corrected chi connectivity index (χ3v) is 6.12. The third-order valence-electron chi connectivity index (χ3n) is 6.12. The van der Waals surface area contributed by atoms with Crippen molar-refractivity contribution in [3.8, 4) is 0 Å². The molecule has 0 spiro atoms. The van der Waals surface area contributed by atoms with E-state index in [9.17, 15) is 4.79 Å². The number of para-hydroxylation sites is 1. The molecular weight excluding hydrogens is 324 g/mol. The van der Waals surface area contributed by atoms with Crippen molar-refractivity contribution >= 4 is 17.6 Å². The first-order chi connectivity index (χ1) is 12.8. The van der Waals surface area contributed by atoms with Crippen LogP contribution in [0, 0.1) is 11.8 Å². The maximum atomic E-state index is 12.3. The van der Waals surface area contributed by atoms with Crippen LogP contribution in [0.3, 0.4) is 0 Å². The van der Waals surface area contributed by atoms with Crippen LogP contribution in [0.2, 0.25) is 0 Å². The molecule has 0 bridgehead atoms. The Labute approximate surface area is 156 Å². The molecule has 1 saturated heterocycles. The number of nitrogens with zero attached hydrogens (tertiary/aromatic N) is 3. The number of rotatable bonds is 4. The van der Waals surface area contributed by atoms with Gasteiger partial charge in [0.2, 0.25) is 5.91 Å². The van der Waals surface area contributed by atoms with E-state index in [1.54, 1.807) is 0 Å². The second-order valence-corrected chi connectivity index (χ2v) is 7.80. The predicted octanol–water partition coefficient (Wildman–Crippen LogP) is 2.66. The van der Waals surface area contributed by atoms with E-state index < -0.39 is 0 Å². The van der Waals surface area contributed by atoms with Crippen LogP contribution in [0.25, 0.3) is 0 Å². The van der Waals surface area contributed by atoms with E-state index in [-0.39, 0.29) is 5.91 Å². The van der Waals surface area contributed by atoms with Crippen LogP contribution in [0.1, 0.15) is 38.2 Å². The Balaban J connectivity index is 1.40. The number of carbonyl (C=O) groups is 1. The molecule has 1 amide bonds. The topological polar surface area (TPSA) is 47.9 Å². The molecule has 140 valence electrons. The van der Waals surface area contributed by atoms with Crippen molar-refractivity contribution in [3.05, 3.63) is 29.8 Å². The summed E-state index contributed by atoms with van der Waals surface area (Å²) in [4.78, 5) is 21.5. The molecule has 2 fully saturated rings. The number of amides is 1. The molecule has 3 aliphatic rings. The van der Waals surface area contributed by atoms with Gasteiger partial charge in [0.25, 0.3) is 0 Å². The Morgan fingerprint density at radius 2 is 1.92 bits per heavy atom. The molecule has 2 heterocycles. The number of guanidine groups is 1. The molecule has 26 heavy (non-hydrogen) atoms. The van der Waals surface area contributed by atoms with Gasteiger partial charge in [0, 0.05) is 31.9 Å². The van der Waals surface area contributed by atoms with E-state index in [2.05, 4.69) is 17.1 Å². The van der Waals surface area contributed by atoms with Gasteiger partial charge in [-0.15, -0.1) is 0 Å². The van der Waals surface area contributed by atoms with Crippen LogP contribution in [0.4, 0.5) is 5.69 Å². The Morgan fingerprint density at radius 3 is 2.65 bits per heavy atom. The summed E-state index contributed by atoms with van der Waals surface area (Å²) in [6.45, 7) is 6.60. The summed E-state index contributed by atoms with van der Waals surface area (Å²) < 4.78 is 0. The first-order valence-corrected chi connectivity index (χ1v) is 10.2. The van der Waals surface area contributed by atoms with Crippen molar-refractivity contribution in [1.82, 2.24) is 10.2 Å². The number of anilines is 1. The zero-order chi connectivity index (χ0) is 17.9. The van der Waals surface area contributed by atoms with Crippen molar-refractivity contribution in [2.75, 3.05) is 37.6 Å². The number of likely N-dealkylation sites (tertiary alicyclic amines) is 1. The minimum Gasteiger partial charge on any atom is -0.357 e. The van der Waals surface area contributed by atoms with Gasteiger partial charge in [-0.05, 0) is 43.2 Å². The monoisotopic (exact) mass is 354 g/mol. The van der Waals surface area contributed by atoms with Gasteiger partial charge in [0.05, 0.1) is 13.0 Å². The summed E-state index contributed by atoms with van der Waals surface area (Å²) in [5.74, 6) is 2.92. The summed E-state index contributed by atoms with van der Waals surface area (Å²) in [5.41, 5.74) is 2.20. The van der Waals surface area contributed by atoms with Crippen molar-refractivity contribution < 1.29 is 4.79 Å². The fraction of sp³-hybridized carbons (Fsp3) is 0.619. The maximum Gasteiger partial charge on any atom is 0.231 e. The van der Waals surface area contributed by atoms with Crippen LogP contribution in [-0.4, -0.2) is 49.5 Å². The highest BCUT2D eigenvalue weighted by Gasteiger charge is 2.35. The van der Waals surface area contributed by atoms with Gasteiger partial charge in [-0.3, -0.25) is 9.79 Å². The molecule has 0 radical (unpaired) electrons. The van der Waals surface area contributed by atoms with Crippen LogP contribution in [0.5, 0.6) is 0 Å². The first-order valence-electron chi connectivity index (χ1n) is 10.2. The van der Waals surface area contributed by atoms with E-state index >= 15 is 0 Å². The minimum atomic E-state index is 0.193. The molecule has 1 aromatic carbocycles. The third kappa shape index (κ3) is 3.44. The van der Waals surface area contributed by atoms with E-state index in [4.69, 9.17) is 4.99 Å². The second-order valence-electron chi connectivity index (χ2n) is 7.80. The number of hydrogen-bond donors (Lipinski definition) is 1. The Morgan fingerprint density at radius 1 is 1.19 bits per heavy atom. The van der Waals surface area contributed by atoms with Crippen LogP contribution in [-0.2, 0) is 11.2 Å². The van der Waals surface area contributed by atoms with Gasteiger partial charge in [-0.2, -0.15) is 0 Å². The number of carbonyl (C=O) groups excluding carboxylic acids is 1. The number of nitrogens with one attached hydrogen (secondary N) is 1. The largest absolute Gasteiger partial charge is 0.357 e. The molecule has 1 aliphatic carbocycles. The smallest absolute Gasteiger partial charge is 0.231 e. The fourth-order valence-corrected chi connectivity index (χ4v) is 4.82. The van der Waals surface area contributed by atoms with E-state index in [0.29, 0.717) is 19.5 Å². The minimum absolute atomic E-state index is 0.193.